The summed E-state index contributed by atoms with van der Waals surface area (Å²) < 4.78 is 26.8. The number of anilines is 2. The van der Waals surface area contributed by atoms with E-state index in [9.17, 15) is 9.90 Å². The third-order valence-corrected chi connectivity index (χ3v) is 6.35. The van der Waals surface area contributed by atoms with Crippen LogP contribution in [0.2, 0.25) is 0 Å². The fourth-order valence-electron chi connectivity index (χ4n) is 3.90. The monoisotopic (exact) mass is 489 g/mol. The topological polar surface area (TPSA) is 140 Å². The summed E-state index contributed by atoms with van der Waals surface area (Å²) in [7, 11) is 1.67. The van der Waals surface area contributed by atoms with Crippen molar-refractivity contribution in [2.45, 2.75) is 51.9 Å². The van der Waals surface area contributed by atoms with Crippen LogP contribution in [0, 0.1) is 11.2 Å². The van der Waals surface area contributed by atoms with Gasteiger partial charge in [0.15, 0.2) is 0 Å². The first-order chi connectivity index (χ1) is 16.5. The Labute approximate surface area is 203 Å². The van der Waals surface area contributed by atoms with Crippen molar-refractivity contribution in [3.05, 3.63) is 18.2 Å². The number of aromatic nitrogens is 4. The molecule has 2 aromatic rings. The van der Waals surface area contributed by atoms with E-state index in [2.05, 4.69) is 19.9 Å². The van der Waals surface area contributed by atoms with E-state index in [0.717, 1.165) is 0 Å². The van der Waals surface area contributed by atoms with Crippen LogP contribution in [0.15, 0.2) is 12.4 Å². The van der Waals surface area contributed by atoms with E-state index in [1.807, 2.05) is 25.7 Å². The number of likely N-dealkylation sites (N-methyl/N-ethyl adjacent to an activating group) is 1. The van der Waals surface area contributed by atoms with Crippen molar-refractivity contribution in [3.8, 4) is 17.1 Å². The molecule has 11 nitrogen and oxygen atoms in total. The predicted octanol–water partition coefficient (Wildman–Crippen LogP) is 1.27. The summed E-state index contributed by atoms with van der Waals surface area (Å²) in [5.41, 5.74) is 5.38. The van der Waals surface area contributed by atoms with E-state index in [0.29, 0.717) is 50.7 Å². The minimum Gasteiger partial charge on any atom is -0.472 e. The van der Waals surface area contributed by atoms with E-state index in [1.165, 1.54) is 12.4 Å². The lowest BCUT2D eigenvalue weighted by molar-refractivity contribution is -0.150. The molecule has 3 heterocycles. The van der Waals surface area contributed by atoms with Crippen molar-refractivity contribution >= 4 is 17.8 Å². The van der Waals surface area contributed by atoms with Gasteiger partial charge in [-0.1, -0.05) is 20.8 Å². The SMILES string of the molecule is CN(C(=O)[C@H](O)C(C)(C)C)C1CC(Oc2nc(N3CCOCC3)nc(-c3cnc(N)nc3)c2F)C1. The largest absolute Gasteiger partial charge is 0.472 e. The molecule has 35 heavy (non-hydrogen) atoms. The Morgan fingerprint density at radius 2 is 1.89 bits per heavy atom. The first-order valence-electron chi connectivity index (χ1n) is 11.6. The quantitative estimate of drug-likeness (QED) is 0.609. The molecule has 3 N–H and O–H groups in total. The average Bonchev–Trinajstić information content (AvgIpc) is 2.81. The van der Waals surface area contributed by atoms with E-state index in [1.54, 1.807) is 11.9 Å². The maximum atomic E-state index is 15.5. The molecule has 1 amide bonds. The Morgan fingerprint density at radius 3 is 2.49 bits per heavy atom. The molecule has 0 unspecified atom stereocenters. The number of nitrogen functional groups attached to an aromatic ring is 1. The molecule has 2 aromatic heterocycles. The molecule has 12 heteroatoms. The molecule has 1 aliphatic carbocycles. The minimum atomic E-state index is -1.10. The molecular weight excluding hydrogens is 457 g/mol. The Kier molecular flexibility index (Phi) is 7.04. The highest BCUT2D eigenvalue weighted by atomic mass is 19.1. The predicted molar refractivity (Wildman–Crippen MR) is 126 cm³/mol. The second kappa shape index (κ2) is 9.86. The third-order valence-electron chi connectivity index (χ3n) is 6.35. The summed E-state index contributed by atoms with van der Waals surface area (Å²) in [5, 5.41) is 10.3. The maximum Gasteiger partial charge on any atom is 0.256 e. The minimum absolute atomic E-state index is 0.0213. The molecule has 1 atom stereocenters. The van der Waals surface area contributed by atoms with Gasteiger partial charge in [-0.25, -0.2) is 15.0 Å². The second-order valence-corrected chi connectivity index (χ2v) is 10.0. The van der Waals surface area contributed by atoms with Crippen LogP contribution in [0.4, 0.5) is 16.3 Å². The van der Waals surface area contributed by atoms with Gasteiger partial charge in [0, 0.05) is 57.0 Å². The zero-order chi connectivity index (χ0) is 25.3. The van der Waals surface area contributed by atoms with Crippen molar-refractivity contribution in [3.63, 3.8) is 0 Å². The number of morpholine rings is 1. The third kappa shape index (κ3) is 5.43. The van der Waals surface area contributed by atoms with Crippen LogP contribution in [0.3, 0.4) is 0 Å². The summed E-state index contributed by atoms with van der Waals surface area (Å²) >= 11 is 0. The van der Waals surface area contributed by atoms with E-state index < -0.39 is 17.3 Å². The lowest BCUT2D eigenvalue weighted by Crippen LogP contribution is -2.54. The molecule has 0 bridgehead atoms. The molecule has 0 radical (unpaired) electrons. The molecule has 1 aliphatic heterocycles. The number of nitrogens with two attached hydrogens (primary N) is 1. The number of hydrogen-bond donors (Lipinski definition) is 2. The average molecular weight is 490 g/mol. The highest BCUT2D eigenvalue weighted by Crippen LogP contribution is 2.34. The normalized spacial score (nSPS) is 21.3. The lowest BCUT2D eigenvalue weighted by Gasteiger charge is -2.42. The Balaban J connectivity index is 1.52. The van der Waals surface area contributed by atoms with Crippen molar-refractivity contribution < 1.29 is 23.8 Å². The number of aliphatic hydroxyl groups excluding tert-OH is 1. The number of amides is 1. The van der Waals surface area contributed by atoms with Gasteiger partial charge in [0.05, 0.1) is 13.2 Å². The van der Waals surface area contributed by atoms with Crippen LogP contribution in [0.25, 0.3) is 11.3 Å². The number of halogens is 1. The maximum absolute atomic E-state index is 15.5. The van der Waals surface area contributed by atoms with Gasteiger partial charge in [-0.05, 0) is 5.41 Å². The van der Waals surface area contributed by atoms with Gasteiger partial charge in [-0.15, -0.1) is 0 Å². The molecule has 2 fully saturated rings. The number of rotatable bonds is 6. The molecule has 1 saturated heterocycles. The van der Waals surface area contributed by atoms with Crippen LogP contribution < -0.4 is 15.4 Å². The van der Waals surface area contributed by atoms with Crippen LogP contribution >= 0.6 is 0 Å². The van der Waals surface area contributed by atoms with Gasteiger partial charge in [0.2, 0.25) is 17.7 Å². The van der Waals surface area contributed by atoms with Crippen molar-refractivity contribution in [1.29, 1.82) is 0 Å². The summed E-state index contributed by atoms with van der Waals surface area (Å²) in [6.45, 7) is 7.59. The number of nitrogens with zero attached hydrogens (tertiary/aromatic N) is 6. The molecule has 1 saturated carbocycles. The van der Waals surface area contributed by atoms with Crippen molar-refractivity contribution in [2.24, 2.45) is 5.41 Å². The summed E-state index contributed by atoms with van der Waals surface area (Å²) in [4.78, 5) is 32.7. The number of aliphatic hydroxyl groups is 1. The van der Waals surface area contributed by atoms with Gasteiger partial charge >= 0.3 is 0 Å². The number of carbonyl (C=O) groups excluding carboxylic acids is 1. The summed E-state index contributed by atoms with van der Waals surface area (Å²) in [6.07, 6.45) is 2.36. The molecule has 4 rings (SSSR count). The van der Waals surface area contributed by atoms with E-state index >= 15 is 4.39 Å². The highest BCUT2D eigenvalue weighted by molar-refractivity contribution is 5.81. The molecule has 0 aromatic carbocycles. The van der Waals surface area contributed by atoms with Gasteiger partial charge in [-0.2, -0.15) is 9.37 Å². The standard InChI is InChI=1S/C23H32FN7O4/c1-23(2,3)18(32)20(33)30(4)14-9-15(10-14)35-19-16(24)17(13-11-26-21(25)27-12-13)28-22(29-19)31-5-7-34-8-6-31/h11-12,14-15,18,32H,5-10H2,1-4H3,(H2,25,26,27)/t14?,15?,18-/m0/s1. The lowest BCUT2D eigenvalue weighted by atomic mass is 9.85. The van der Waals surface area contributed by atoms with Crippen molar-refractivity contribution in [1.82, 2.24) is 24.8 Å². The van der Waals surface area contributed by atoms with Crippen LogP contribution in [0.1, 0.15) is 33.6 Å². The van der Waals surface area contributed by atoms with Gasteiger partial charge in [-0.3, -0.25) is 4.79 Å². The fourth-order valence-corrected chi connectivity index (χ4v) is 3.90. The van der Waals surface area contributed by atoms with Crippen LogP contribution in [-0.4, -0.2) is 87.5 Å². The summed E-state index contributed by atoms with van der Waals surface area (Å²) in [5.74, 6) is -0.821. The van der Waals surface area contributed by atoms with Gasteiger partial charge in [0.1, 0.15) is 17.9 Å². The van der Waals surface area contributed by atoms with Crippen LogP contribution in [0.5, 0.6) is 5.88 Å². The first kappa shape index (κ1) is 25.0. The number of ether oxygens (including phenoxy) is 2. The van der Waals surface area contributed by atoms with Gasteiger partial charge in [0.25, 0.3) is 11.8 Å². The number of carbonyl (C=O) groups is 1. The molecule has 2 aliphatic rings. The fraction of sp³-hybridized carbons (Fsp3) is 0.609. The zero-order valence-electron chi connectivity index (χ0n) is 20.4. The highest BCUT2D eigenvalue weighted by Gasteiger charge is 2.40. The van der Waals surface area contributed by atoms with E-state index in [-0.39, 0.29) is 35.6 Å². The molecule has 190 valence electrons. The second-order valence-electron chi connectivity index (χ2n) is 10.0. The van der Waals surface area contributed by atoms with Crippen LogP contribution in [-0.2, 0) is 9.53 Å². The summed E-state index contributed by atoms with van der Waals surface area (Å²) in [6, 6.07) is -0.113. The molecular formula is C23H32FN7O4. The first-order valence-corrected chi connectivity index (χ1v) is 11.6. The van der Waals surface area contributed by atoms with E-state index in [4.69, 9.17) is 15.2 Å². The molecule has 0 spiro atoms. The van der Waals surface area contributed by atoms with Gasteiger partial charge < -0.3 is 30.1 Å². The smallest absolute Gasteiger partial charge is 0.256 e. The van der Waals surface area contributed by atoms with Crippen molar-refractivity contribution in [2.75, 3.05) is 44.0 Å². The Bertz CT molecular complexity index is 1050. The number of hydrogen-bond acceptors (Lipinski definition) is 10. The Hall–Kier alpha value is -3.12. The Morgan fingerprint density at radius 1 is 1.26 bits per heavy atom. The zero-order valence-corrected chi connectivity index (χ0v) is 20.4.